The Hall–Kier alpha value is -2.08. The first-order valence-corrected chi connectivity index (χ1v) is 10.4. The van der Waals surface area contributed by atoms with Crippen molar-refractivity contribution in [3.05, 3.63) is 92.7 Å². The minimum absolute atomic E-state index is 0.205. The second-order valence-corrected chi connectivity index (χ2v) is 7.91. The summed E-state index contributed by atoms with van der Waals surface area (Å²) in [6, 6.07) is 18.7. The smallest absolute Gasteiger partial charge is 0.175 e. The van der Waals surface area contributed by atoms with E-state index < -0.39 is 0 Å². The Morgan fingerprint density at radius 1 is 1.10 bits per heavy atom. The van der Waals surface area contributed by atoms with E-state index in [2.05, 4.69) is 40.3 Å². The number of hydrogen-bond acceptors (Lipinski definition) is 3. The number of benzene rings is 3. The van der Waals surface area contributed by atoms with Gasteiger partial charge in [-0.25, -0.2) is 4.39 Å². The van der Waals surface area contributed by atoms with Crippen LogP contribution in [0.15, 0.2) is 65.1 Å². The van der Waals surface area contributed by atoms with Gasteiger partial charge in [0.2, 0.25) is 0 Å². The van der Waals surface area contributed by atoms with Crippen LogP contribution in [0.1, 0.15) is 29.7 Å². The lowest BCUT2D eigenvalue weighted by molar-refractivity contribution is 0.282. The second kappa shape index (κ2) is 10.1. The van der Waals surface area contributed by atoms with Crippen molar-refractivity contribution in [2.24, 2.45) is 0 Å². The summed E-state index contributed by atoms with van der Waals surface area (Å²) in [5.74, 6) is 0.814. The van der Waals surface area contributed by atoms with E-state index in [1.54, 1.807) is 13.2 Å². The van der Waals surface area contributed by atoms with Crippen molar-refractivity contribution in [2.75, 3.05) is 7.11 Å². The van der Waals surface area contributed by atoms with E-state index in [4.69, 9.17) is 21.1 Å². The zero-order chi connectivity index (χ0) is 20.8. The fraction of sp³-hybridized carbons (Fsp3) is 0.217. The molecule has 0 amide bonds. The van der Waals surface area contributed by atoms with Gasteiger partial charge in [0.05, 0.1) is 16.6 Å². The highest BCUT2D eigenvalue weighted by Crippen LogP contribution is 2.37. The zero-order valence-electron chi connectivity index (χ0n) is 16.2. The Morgan fingerprint density at radius 3 is 2.55 bits per heavy atom. The van der Waals surface area contributed by atoms with Crippen molar-refractivity contribution in [2.45, 2.75) is 26.1 Å². The Labute approximate surface area is 183 Å². The van der Waals surface area contributed by atoms with Crippen molar-refractivity contribution in [3.8, 4) is 11.5 Å². The van der Waals surface area contributed by atoms with Gasteiger partial charge in [0.1, 0.15) is 12.4 Å². The van der Waals surface area contributed by atoms with Crippen LogP contribution in [-0.4, -0.2) is 7.11 Å². The average Bonchev–Trinajstić information content (AvgIpc) is 2.72. The molecule has 0 spiro atoms. The van der Waals surface area contributed by atoms with Crippen molar-refractivity contribution >= 4 is 27.5 Å². The maximum Gasteiger partial charge on any atom is 0.175 e. The van der Waals surface area contributed by atoms with Crippen LogP contribution in [0.2, 0.25) is 5.02 Å². The molecule has 3 aromatic rings. The molecule has 0 aliphatic rings. The van der Waals surface area contributed by atoms with Gasteiger partial charge in [-0.1, -0.05) is 48.0 Å². The van der Waals surface area contributed by atoms with Gasteiger partial charge in [-0.2, -0.15) is 0 Å². The van der Waals surface area contributed by atoms with Crippen molar-refractivity contribution in [1.29, 1.82) is 0 Å². The molecule has 0 saturated heterocycles. The zero-order valence-corrected chi connectivity index (χ0v) is 18.6. The molecule has 0 saturated carbocycles. The van der Waals surface area contributed by atoms with Crippen LogP contribution >= 0.6 is 27.5 Å². The molecule has 1 atom stereocenters. The highest BCUT2D eigenvalue weighted by atomic mass is 79.9. The first-order chi connectivity index (χ1) is 14.0. The molecule has 3 aromatic carbocycles. The minimum atomic E-state index is -0.376. The molecule has 152 valence electrons. The summed E-state index contributed by atoms with van der Waals surface area (Å²) in [5.41, 5.74) is 2.99. The van der Waals surface area contributed by atoms with Gasteiger partial charge >= 0.3 is 0 Å². The van der Waals surface area contributed by atoms with Crippen molar-refractivity contribution in [3.63, 3.8) is 0 Å². The second-order valence-electron chi connectivity index (χ2n) is 6.65. The van der Waals surface area contributed by atoms with E-state index >= 15 is 0 Å². The van der Waals surface area contributed by atoms with E-state index in [1.807, 2.05) is 30.3 Å². The van der Waals surface area contributed by atoms with E-state index in [0.717, 1.165) is 10.0 Å². The topological polar surface area (TPSA) is 30.5 Å². The number of ether oxygens (including phenoxy) is 2. The molecular formula is C23H22BrClFNO2. The maximum absolute atomic E-state index is 13.2. The third-order valence-electron chi connectivity index (χ3n) is 4.59. The average molecular weight is 479 g/mol. The molecule has 0 radical (unpaired) electrons. The molecule has 6 heteroatoms. The first kappa shape index (κ1) is 21.6. The summed E-state index contributed by atoms with van der Waals surface area (Å²) in [5, 5.41) is 3.84. The molecule has 0 aliphatic carbocycles. The van der Waals surface area contributed by atoms with Crippen LogP contribution < -0.4 is 14.8 Å². The molecule has 0 heterocycles. The molecule has 29 heavy (non-hydrogen) atoms. The third kappa shape index (κ3) is 5.72. The fourth-order valence-corrected chi connectivity index (χ4v) is 3.76. The Balaban J connectivity index is 1.70. The van der Waals surface area contributed by atoms with Crippen molar-refractivity contribution in [1.82, 2.24) is 5.32 Å². The number of hydrogen-bond donors (Lipinski definition) is 1. The van der Waals surface area contributed by atoms with Crippen molar-refractivity contribution < 1.29 is 13.9 Å². The van der Waals surface area contributed by atoms with Crippen LogP contribution in [0, 0.1) is 5.82 Å². The normalized spacial score (nSPS) is 11.9. The lowest BCUT2D eigenvalue weighted by atomic mass is 10.1. The number of halogens is 3. The Kier molecular flexibility index (Phi) is 7.53. The Bertz CT molecular complexity index is 969. The Morgan fingerprint density at radius 2 is 1.86 bits per heavy atom. The van der Waals surface area contributed by atoms with Crippen LogP contribution in [0.3, 0.4) is 0 Å². The van der Waals surface area contributed by atoms with Crippen LogP contribution in [0.5, 0.6) is 11.5 Å². The minimum Gasteiger partial charge on any atom is -0.493 e. The molecule has 0 aromatic heterocycles. The monoisotopic (exact) mass is 477 g/mol. The molecule has 0 fully saturated rings. The lowest BCUT2D eigenvalue weighted by Crippen LogP contribution is -2.18. The van der Waals surface area contributed by atoms with Gasteiger partial charge in [-0.3, -0.25) is 0 Å². The standard InChI is InChI=1S/C23H22BrClFNO2/c1-15(17-6-4-3-5-7-17)27-13-16-10-20(24)23(22(11-16)28-2)29-14-18-8-9-19(26)12-21(18)25/h3-12,15,27H,13-14H2,1-2H3/t15-/m1/s1. The van der Waals surface area contributed by atoms with E-state index in [1.165, 1.54) is 17.7 Å². The van der Waals surface area contributed by atoms with Gasteiger partial charge < -0.3 is 14.8 Å². The number of rotatable bonds is 8. The first-order valence-electron chi connectivity index (χ1n) is 9.19. The highest BCUT2D eigenvalue weighted by molar-refractivity contribution is 9.10. The summed E-state index contributed by atoms with van der Waals surface area (Å²) >= 11 is 9.65. The number of nitrogens with one attached hydrogen (secondary N) is 1. The predicted octanol–water partition coefficient (Wildman–Crippen LogP) is 6.68. The molecule has 0 aliphatic heterocycles. The van der Waals surface area contributed by atoms with Gasteiger partial charge in [0, 0.05) is 18.2 Å². The molecule has 3 rings (SSSR count). The molecular weight excluding hydrogens is 457 g/mol. The summed E-state index contributed by atoms with van der Waals surface area (Å²) in [6.07, 6.45) is 0. The van der Waals surface area contributed by atoms with E-state index in [-0.39, 0.29) is 18.5 Å². The predicted molar refractivity (Wildman–Crippen MR) is 118 cm³/mol. The maximum atomic E-state index is 13.2. The molecule has 3 nitrogen and oxygen atoms in total. The molecule has 1 N–H and O–H groups in total. The van der Waals surface area contributed by atoms with Crippen LogP contribution in [-0.2, 0) is 13.2 Å². The summed E-state index contributed by atoms with van der Waals surface area (Å²) in [7, 11) is 1.60. The van der Waals surface area contributed by atoms with Crippen LogP contribution in [0.25, 0.3) is 0 Å². The molecule has 0 unspecified atom stereocenters. The van der Waals surface area contributed by atoms with Gasteiger partial charge in [-0.15, -0.1) is 0 Å². The quantitative estimate of drug-likeness (QED) is 0.392. The van der Waals surface area contributed by atoms with Gasteiger partial charge in [0.25, 0.3) is 0 Å². The lowest BCUT2D eigenvalue weighted by Gasteiger charge is -2.17. The van der Waals surface area contributed by atoms with Gasteiger partial charge in [-0.05, 0) is 58.2 Å². The summed E-state index contributed by atoms with van der Waals surface area (Å²) < 4.78 is 25.4. The highest BCUT2D eigenvalue weighted by Gasteiger charge is 2.14. The fourth-order valence-electron chi connectivity index (χ4n) is 2.93. The largest absolute Gasteiger partial charge is 0.493 e. The SMILES string of the molecule is COc1cc(CN[C@H](C)c2ccccc2)cc(Br)c1OCc1ccc(F)cc1Cl. The molecule has 0 bridgehead atoms. The van der Waals surface area contributed by atoms with Gasteiger partial charge in [0.15, 0.2) is 11.5 Å². The van der Waals surface area contributed by atoms with Crippen LogP contribution in [0.4, 0.5) is 4.39 Å². The van der Waals surface area contributed by atoms with E-state index in [9.17, 15) is 4.39 Å². The third-order valence-corrected chi connectivity index (χ3v) is 5.53. The van der Waals surface area contributed by atoms with E-state index in [0.29, 0.717) is 28.6 Å². The number of methoxy groups -OCH3 is 1. The summed E-state index contributed by atoms with van der Waals surface area (Å²) in [4.78, 5) is 0. The summed E-state index contributed by atoms with van der Waals surface area (Å²) in [6.45, 7) is 3.01.